The van der Waals surface area contributed by atoms with Crippen LogP contribution in [0.1, 0.15) is 97.8 Å². The first-order valence-corrected chi connectivity index (χ1v) is 9.99. The molecule has 1 heterocycles. The van der Waals surface area contributed by atoms with E-state index < -0.39 is 0 Å². The lowest BCUT2D eigenvalue weighted by atomic mass is 10.1. The van der Waals surface area contributed by atoms with E-state index >= 15 is 0 Å². The summed E-state index contributed by atoms with van der Waals surface area (Å²) in [4.78, 5) is 5.05. The van der Waals surface area contributed by atoms with Gasteiger partial charge in [-0.25, -0.2) is 0 Å². The summed E-state index contributed by atoms with van der Waals surface area (Å²) >= 11 is 0. The molecule has 1 rings (SSSR count). The van der Waals surface area contributed by atoms with Crippen LogP contribution in [0, 0.1) is 0 Å². The molecule has 1 aliphatic heterocycles. The van der Waals surface area contributed by atoms with Crippen LogP contribution in [0.15, 0.2) is 12.4 Å². The van der Waals surface area contributed by atoms with Crippen molar-refractivity contribution in [1.82, 2.24) is 9.80 Å². The Hall–Kier alpha value is -0.180. The summed E-state index contributed by atoms with van der Waals surface area (Å²) in [5.41, 5.74) is 0. The predicted molar refractivity (Wildman–Crippen MR) is 109 cm³/mol. The molecule has 0 aromatic rings. The van der Waals surface area contributed by atoms with Crippen molar-refractivity contribution >= 4 is 17.0 Å². The highest BCUT2D eigenvalue weighted by atomic mass is 79.9. The van der Waals surface area contributed by atoms with Gasteiger partial charge in [-0.3, -0.25) is 0 Å². The molecule has 1 aliphatic rings. The highest BCUT2D eigenvalue weighted by Crippen LogP contribution is 2.18. The van der Waals surface area contributed by atoms with Crippen LogP contribution in [0.25, 0.3) is 0 Å². The summed E-state index contributed by atoms with van der Waals surface area (Å²) in [7, 11) is 0. The lowest BCUT2D eigenvalue weighted by Crippen LogP contribution is -2.36. The van der Waals surface area contributed by atoms with Gasteiger partial charge in [0.15, 0.2) is 0 Å². The Labute approximate surface area is 156 Å². The Morgan fingerprint density at radius 2 is 0.957 bits per heavy atom. The summed E-state index contributed by atoms with van der Waals surface area (Å²) in [6.07, 6.45) is 21.9. The average Bonchev–Trinajstić information content (AvgIpc) is 2.87. The molecule has 0 aromatic heterocycles. The van der Waals surface area contributed by atoms with Crippen molar-refractivity contribution in [1.29, 1.82) is 0 Å². The fourth-order valence-electron chi connectivity index (χ4n) is 3.28. The summed E-state index contributed by atoms with van der Waals surface area (Å²) in [5.74, 6) is 0. The quantitative estimate of drug-likeness (QED) is 0.304. The average molecular weight is 389 g/mol. The fraction of sp³-hybridized carbons (Fsp3) is 0.900. The van der Waals surface area contributed by atoms with Crippen LogP contribution in [-0.4, -0.2) is 29.1 Å². The Bertz CT molecular complexity index is 255. The molecular formula is C20H41BrN2. The molecule has 3 heteroatoms. The largest absolute Gasteiger partial charge is 0.356 e. The summed E-state index contributed by atoms with van der Waals surface area (Å²) < 4.78 is 0. The van der Waals surface area contributed by atoms with Gasteiger partial charge in [-0.05, 0) is 19.8 Å². The van der Waals surface area contributed by atoms with Gasteiger partial charge in [0.25, 0.3) is 0 Å². The maximum atomic E-state index is 2.52. The van der Waals surface area contributed by atoms with Gasteiger partial charge in [-0.2, -0.15) is 0 Å². The molecule has 0 fully saturated rings. The van der Waals surface area contributed by atoms with Crippen molar-refractivity contribution in [3.8, 4) is 0 Å². The van der Waals surface area contributed by atoms with Crippen LogP contribution in [0.3, 0.4) is 0 Å². The SMILES string of the molecule is Br.CCCCCCCCN1C=CN(CCCCCCCC)C1C. The molecule has 0 amide bonds. The highest BCUT2D eigenvalue weighted by Gasteiger charge is 2.20. The molecule has 23 heavy (non-hydrogen) atoms. The third-order valence-electron chi connectivity index (χ3n) is 4.95. The second-order valence-electron chi connectivity index (χ2n) is 6.94. The Morgan fingerprint density at radius 3 is 1.35 bits per heavy atom. The molecule has 0 N–H and O–H groups in total. The monoisotopic (exact) mass is 388 g/mol. The zero-order valence-corrected chi connectivity index (χ0v) is 17.6. The molecule has 0 spiro atoms. The van der Waals surface area contributed by atoms with Gasteiger partial charge in [0.2, 0.25) is 0 Å². The fourth-order valence-corrected chi connectivity index (χ4v) is 3.28. The summed E-state index contributed by atoms with van der Waals surface area (Å²) in [5, 5.41) is 0. The molecule has 2 nitrogen and oxygen atoms in total. The highest BCUT2D eigenvalue weighted by molar-refractivity contribution is 8.93. The van der Waals surface area contributed by atoms with E-state index in [1.807, 2.05) is 0 Å². The minimum atomic E-state index is 0. The Morgan fingerprint density at radius 1 is 0.609 bits per heavy atom. The normalized spacial score (nSPS) is 14.6. The number of hydrogen-bond acceptors (Lipinski definition) is 2. The van der Waals surface area contributed by atoms with Crippen LogP contribution in [0.5, 0.6) is 0 Å². The van der Waals surface area contributed by atoms with Crippen molar-refractivity contribution in [2.45, 2.75) is 104 Å². The molecule has 138 valence electrons. The van der Waals surface area contributed by atoms with Crippen molar-refractivity contribution in [2.75, 3.05) is 13.1 Å². The number of nitrogens with zero attached hydrogens (tertiary/aromatic N) is 2. The maximum Gasteiger partial charge on any atom is 0.0977 e. The van der Waals surface area contributed by atoms with Crippen molar-refractivity contribution in [3.63, 3.8) is 0 Å². The molecule has 0 bridgehead atoms. The standard InChI is InChI=1S/C20H40N2.BrH/c1-4-6-8-10-12-14-16-21-18-19-22(20(21)3)17-15-13-11-9-7-5-2;/h18-20H,4-17H2,1-3H3;1H. The van der Waals surface area contributed by atoms with Crippen LogP contribution in [0.4, 0.5) is 0 Å². The van der Waals surface area contributed by atoms with E-state index in [0.717, 1.165) is 0 Å². The molecule has 0 radical (unpaired) electrons. The van der Waals surface area contributed by atoms with E-state index in [0.29, 0.717) is 6.17 Å². The molecule has 0 saturated heterocycles. The molecule has 0 saturated carbocycles. The molecule has 0 aromatic carbocycles. The molecule has 0 unspecified atom stereocenters. The minimum absolute atomic E-state index is 0. The van der Waals surface area contributed by atoms with Crippen molar-refractivity contribution < 1.29 is 0 Å². The van der Waals surface area contributed by atoms with E-state index in [-0.39, 0.29) is 17.0 Å². The first-order chi connectivity index (χ1) is 10.8. The zero-order valence-electron chi connectivity index (χ0n) is 15.9. The molecule has 0 aliphatic carbocycles. The van der Waals surface area contributed by atoms with Gasteiger partial charge in [-0.15, -0.1) is 17.0 Å². The lowest BCUT2D eigenvalue weighted by Gasteiger charge is -2.30. The van der Waals surface area contributed by atoms with Gasteiger partial charge >= 0.3 is 0 Å². The van der Waals surface area contributed by atoms with E-state index in [9.17, 15) is 0 Å². The molecule has 0 atom stereocenters. The van der Waals surface area contributed by atoms with E-state index in [4.69, 9.17) is 0 Å². The Balaban J connectivity index is 0.00000484. The van der Waals surface area contributed by atoms with Gasteiger partial charge < -0.3 is 9.80 Å². The van der Waals surface area contributed by atoms with Gasteiger partial charge in [0.1, 0.15) is 0 Å². The third kappa shape index (κ3) is 10.3. The zero-order chi connectivity index (χ0) is 16.0. The van der Waals surface area contributed by atoms with Gasteiger partial charge in [0.05, 0.1) is 6.17 Å². The lowest BCUT2D eigenvalue weighted by molar-refractivity contribution is 0.165. The second-order valence-corrected chi connectivity index (χ2v) is 6.94. The second kappa shape index (κ2) is 15.4. The summed E-state index contributed by atoms with van der Waals surface area (Å²) in [6.45, 7) is 9.39. The smallest absolute Gasteiger partial charge is 0.0977 e. The first-order valence-electron chi connectivity index (χ1n) is 9.99. The minimum Gasteiger partial charge on any atom is -0.356 e. The Kier molecular flexibility index (Phi) is 15.2. The number of unbranched alkanes of at least 4 members (excludes halogenated alkanes) is 10. The molecular weight excluding hydrogens is 348 g/mol. The van der Waals surface area contributed by atoms with Crippen LogP contribution in [-0.2, 0) is 0 Å². The topological polar surface area (TPSA) is 6.48 Å². The van der Waals surface area contributed by atoms with Crippen LogP contribution >= 0.6 is 17.0 Å². The van der Waals surface area contributed by atoms with Crippen molar-refractivity contribution in [2.24, 2.45) is 0 Å². The maximum absolute atomic E-state index is 2.52. The first kappa shape index (κ1) is 22.8. The summed E-state index contributed by atoms with van der Waals surface area (Å²) in [6, 6.07) is 0. The number of rotatable bonds is 14. The third-order valence-corrected chi connectivity index (χ3v) is 4.95. The van der Waals surface area contributed by atoms with Crippen molar-refractivity contribution in [3.05, 3.63) is 12.4 Å². The van der Waals surface area contributed by atoms with Gasteiger partial charge in [-0.1, -0.05) is 78.1 Å². The van der Waals surface area contributed by atoms with E-state index in [1.165, 1.54) is 90.1 Å². The number of hydrogen-bond donors (Lipinski definition) is 0. The number of halogens is 1. The van der Waals surface area contributed by atoms with Crippen LogP contribution in [0.2, 0.25) is 0 Å². The predicted octanol–water partition coefficient (Wildman–Crippen LogP) is 6.72. The van der Waals surface area contributed by atoms with Crippen LogP contribution < -0.4 is 0 Å². The van der Waals surface area contributed by atoms with E-state index in [1.54, 1.807) is 0 Å². The van der Waals surface area contributed by atoms with E-state index in [2.05, 4.69) is 43.0 Å². The van der Waals surface area contributed by atoms with Gasteiger partial charge in [0, 0.05) is 25.5 Å².